The third-order valence-corrected chi connectivity index (χ3v) is 2.79. The van der Waals surface area contributed by atoms with Crippen LogP contribution in [0.25, 0.3) is 16.8 Å². The highest BCUT2D eigenvalue weighted by Gasteiger charge is 2.15. The molecule has 1 aromatic carbocycles. The molecule has 0 aliphatic heterocycles. The highest BCUT2D eigenvalue weighted by Crippen LogP contribution is 2.22. The maximum Gasteiger partial charge on any atom is 0.339 e. The van der Waals surface area contributed by atoms with E-state index in [2.05, 4.69) is 10.1 Å². The van der Waals surface area contributed by atoms with E-state index in [0.717, 1.165) is 11.1 Å². The van der Waals surface area contributed by atoms with Crippen LogP contribution in [0.3, 0.4) is 0 Å². The highest BCUT2D eigenvalue weighted by atomic mass is 16.4. The number of nitrogen functional groups attached to an aromatic ring is 1. The molecule has 0 unspecified atom stereocenters. The lowest BCUT2D eigenvalue weighted by Gasteiger charge is -2.04. The van der Waals surface area contributed by atoms with E-state index in [4.69, 9.17) is 5.73 Å². The standard InChI is InChI=1S/C13H10N4O2/c14-13-15-11-10(12(18)19)6-9(7-17(11)16-13)8-4-2-1-3-5-8/h1-7H,(H2,14,16)(H,18,19). The number of nitrogens with zero attached hydrogens (tertiary/aromatic N) is 3. The molecule has 0 spiro atoms. The van der Waals surface area contributed by atoms with Gasteiger partial charge in [-0.2, -0.15) is 4.98 Å². The molecule has 19 heavy (non-hydrogen) atoms. The number of carboxylic acids is 1. The first-order valence-electron chi connectivity index (χ1n) is 5.60. The highest BCUT2D eigenvalue weighted by molar-refractivity contribution is 5.96. The van der Waals surface area contributed by atoms with Crippen LogP contribution in [-0.2, 0) is 0 Å². The summed E-state index contributed by atoms with van der Waals surface area (Å²) in [5.74, 6) is -1.01. The molecule has 0 amide bonds. The Balaban J connectivity index is 2.30. The minimum absolute atomic E-state index is 0.0488. The monoisotopic (exact) mass is 254 g/mol. The Morgan fingerprint density at radius 3 is 2.63 bits per heavy atom. The summed E-state index contributed by atoms with van der Waals surface area (Å²) >= 11 is 0. The fourth-order valence-electron chi connectivity index (χ4n) is 1.95. The van der Waals surface area contributed by atoms with Crippen LogP contribution in [-0.4, -0.2) is 25.7 Å². The number of anilines is 1. The molecule has 0 atom stereocenters. The Labute approximate surface area is 108 Å². The average molecular weight is 254 g/mol. The van der Waals surface area contributed by atoms with Crippen molar-refractivity contribution in [3.8, 4) is 11.1 Å². The zero-order valence-corrected chi connectivity index (χ0v) is 9.82. The van der Waals surface area contributed by atoms with Crippen LogP contribution in [0, 0.1) is 0 Å². The van der Waals surface area contributed by atoms with Crippen molar-refractivity contribution in [1.29, 1.82) is 0 Å². The van der Waals surface area contributed by atoms with Gasteiger partial charge in [0.25, 0.3) is 0 Å². The molecule has 3 aromatic rings. The van der Waals surface area contributed by atoms with Gasteiger partial charge in [-0.3, -0.25) is 0 Å². The van der Waals surface area contributed by atoms with E-state index >= 15 is 0 Å². The van der Waals surface area contributed by atoms with Crippen molar-refractivity contribution in [2.45, 2.75) is 0 Å². The molecule has 3 N–H and O–H groups in total. The van der Waals surface area contributed by atoms with Crippen LogP contribution < -0.4 is 5.73 Å². The van der Waals surface area contributed by atoms with E-state index in [9.17, 15) is 9.90 Å². The van der Waals surface area contributed by atoms with Crippen molar-refractivity contribution < 1.29 is 9.90 Å². The summed E-state index contributed by atoms with van der Waals surface area (Å²) in [5.41, 5.74) is 7.48. The van der Waals surface area contributed by atoms with Gasteiger partial charge in [0.15, 0.2) is 5.65 Å². The van der Waals surface area contributed by atoms with Crippen molar-refractivity contribution in [3.63, 3.8) is 0 Å². The molecule has 0 saturated heterocycles. The van der Waals surface area contributed by atoms with Crippen LogP contribution in [0.2, 0.25) is 0 Å². The van der Waals surface area contributed by atoms with Crippen molar-refractivity contribution in [1.82, 2.24) is 14.6 Å². The summed E-state index contributed by atoms with van der Waals surface area (Å²) < 4.78 is 1.39. The Hall–Kier alpha value is -2.89. The quantitative estimate of drug-likeness (QED) is 0.725. The molecule has 6 heteroatoms. The summed E-state index contributed by atoms with van der Waals surface area (Å²) in [6.07, 6.45) is 1.71. The lowest BCUT2D eigenvalue weighted by molar-refractivity contribution is 0.0698. The SMILES string of the molecule is Nc1nc2c(C(=O)O)cc(-c3ccccc3)cn2n1. The molecule has 2 aromatic heterocycles. The fourth-order valence-corrected chi connectivity index (χ4v) is 1.95. The van der Waals surface area contributed by atoms with E-state index in [1.807, 2.05) is 30.3 Å². The normalized spacial score (nSPS) is 10.7. The Bertz CT molecular complexity index is 765. The Morgan fingerprint density at radius 1 is 1.21 bits per heavy atom. The van der Waals surface area contributed by atoms with Gasteiger partial charge >= 0.3 is 5.97 Å². The number of hydrogen-bond acceptors (Lipinski definition) is 4. The number of aromatic carboxylic acids is 1. The number of carbonyl (C=O) groups is 1. The Morgan fingerprint density at radius 2 is 1.95 bits per heavy atom. The van der Waals surface area contributed by atoms with E-state index in [-0.39, 0.29) is 17.2 Å². The average Bonchev–Trinajstić information content (AvgIpc) is 2.78. The summed E-state index contributed by atoms with van der Waals surface area (Å²) in [6, 6.07) is 11.0. The second-order valence-corrected chi connectivity index (χ2v) is 4.05. The summed E-state index contributed by atoms with van der Waals surface area (Å²) in [4.78, 5) is 15.2. The zero-order chi connectivity index (χ0) is 13.4. The number of nitrogens with two attached hydrogens (primary N) is 1. The summed E-state index contributed by atoms with van der Waals surface area (Å²) in [6.45, 7) is 0. The lowest BCUT2D eigenvalue weighted by atomic mass is 10.1. The molecule has 0 aliphatic carbocycles. The van der Waals surface area contributed by atoms with Crippen molar-refractivity contribution in [2.75, 3.05) is 5.73 Å². The maximum absolute atomic E-state index is 11.3. The van der Waals surface area contributed by atoms with Crippen molar-refractivity contribution in [3.05, 3.63) is 48.2 Å². The molecular weight excluding hydrogens is 244 g/mol. The number of fused-ring (bicyclic) bond motifs is 1. The minimum atomic E-state index is -1.06. The molecule has 0 aliphatic rings. The number of aromatic nitrogens is 3. The number of hydrogen-bond donors (Lipinski definition) is 2. The largest absolute Gasteiger partial charge is 0.478 e. The van der Waals surface area contributed by atoms with E-state index in [0.29, 0.717) is 0 Å². The van der Waals surface area contributed by atoms with Crippen molar-refractivity contribution in [2.24, 2.45) is 0 Å². The second-order valence-electron chi connectivity index (χ2n) is 4.05. The molecular formula is C13H10N4O2. The predicted molar refractivity (Wildman–Crippen MR) is 69.8 cm³/mol. The van der Waals surface area contributed by atoms with Crippen LogP contribution in [0.15, 0.2) is 42.6 Å². The van der Waals surface area contributed by atoms with Gasteiger partial charge < -0.3 is 10.8 Å². The number of rotatable bonds is 2. The number of carboxylic acid groups (broad SMARTS) is 1. The minimum Gasteiger partial charge on any atom is -0.478 e. The zero-order valence-electron chi connectivity index (χ0n) is 9.82. The van der Waals surface area contributed by atoms with Gasteiger partial charge in [0.1, 0.15) is 5.56 Å². The predicted octanol–water partition coefficient (Wildman–Crippen LogP) is 1.68. The van der Waals surface area contributed by atoms with Gasteiger partial charge in [0.2, 0.25) is 5.95 Å². The molecule has 2 heterocycles. The lowest BCUT2D eigenvalue weighted by Crippen LogP contribution is -2.02. The fraction of sp³-hybridized carbons (Fsp3) is 0. The van der Waals surface area contributed by atoms with Gasteiger partial charge in [-0.15, -0.1) is 5.10 Å². The molecule has 6 nitrogen and oxygen atoms in total. The topological polar surface area (TPSA) is 93.5 Å². The van der Waals surface area contributed by atoms with Gasteiger partial charge in [0.05, 0.1) is 0 Å². The third kappa shape index (κ3) is 1.89. The molecule has 0 fully saturated rings. The number of pyridine rings is 1. The molecule has 94 valence electrons. The third-order valence-electron chi connectivity index (χ3n) is 2.79. The van der Waals surface area contributed by atoms with Gasteiger partial charge in [-0.05, 0) is 11.6 Å². The Kier molecular flexibility index (Phi) is 2.42. The van der Waals surface area contributed by atoms with Crippen molar-refractivity contribution >= 4 is 17.6 Å². The van der Waals surface area contributed by atoms with Gasteiger partial charge in [0, 0.05) is 11.8 Å². The molecule has 3 rings (SSSR count). The first-order chi connectivity index (χ1) is 9.15. The van der Waals surface area contributed by atoms with Crippen LogP contribution in [0.5, 0.6) is 0 Å². The first kappa shape index (κ1) is 11.2. The number of benzene rings is 1. The van der Waals surface area contributed by atoms with Gasteiger partial charge in [-0.25, -0.2) is 9.31 Å². The van der Waals surface area contributed by atoms with Crippen LogP contribution in [0.4, 0.5) is 5.95 Å². The summed E-state index contributed by atoms with van der Waals surface area (Å²) in [7, 11) is 0. The second kappa shape index (κ2) is 4.09. The van der Waals surface area contributed by atoms with E-state index in [1.54, 1.807) is 12.3 Å². The molecule has 0 bridgehead atoms. The molecule has 0 radical (unpaired) electrons. The van der Waals surface area contributed by atoms with E-state index in [1.165, 1.54) is 4.52 Å². The summed E-state index contributed by atoms with van der Waals surface area (Å²) in [5, 5.41) is 13.2. The van der Waals surface area contributed by atoms with Crippen LogP contribution >= 0.6 is 0 Å². The van der Waals surface area contributed by atoms with Crippen LogP contribution in [0.1, 0.15) is 10.4 Å². The van der Waals surface area contributed by atoms with E-state index < -0.39 is 5.97 Å². The van der Waals surface area contributed by atoms with Gasteiger partial charge in [-0.1, -0.05) is 30.3 Å². The smallest absolute Gasteiger partial charge is 0.339 e. The molecule has 0 saturated carbocycles. The maximum atomic E-state index is 11.3. The first-order valence-corrected chi connectivity index (χ1v) is 5.60.